The van der Waals surface area contributed by atoms with Crippen molar-refractivity contribution in [3.63, 3.8) is 0 Å². The first kappa shape index (κ1) is 15.3. The molecule has 4 rings (SSSR count). The number of methoxy groups -OCH3 is 2. The Bertz CT molecular complexity index is 1270. The standard InChI is InChI=1S/C19H16N2O4/c1-9-14(22)5-4-10-17-11-6-15(24-2)16(25-3)7-13(11)20-8-12(17)19(23)21-18(9)10/h4-8,20H,1-3H3,(H,21,23). The van der Waals surface area contributed by atoms with Crippen LogP contribution in [0.3, 0.4) is 0 Å². The summed E-state index contributed by atoms with van der Waals surface area (Å²) in [6.07, 6.45) is 1.67. The van der Waals surface area contributed by atoms with E-state index in [0.717, 1.165) is 21.7 Å². The van der Waals surface area contributed by atoms with Gasteiger partial charge in [0, 0.05) is 39.5 Å². The van der Waals surface area contributed by atoms with Crippen LogP contribution in [0.5, 0.6) is 11.5 Å². The van der Waals surface area contributed by atoms with E-state index >= 15 is 0 Å². The van der Waals surface area contributed by atoms with Crippen molar-refractivity contribution in [2.45, 2.75) is 6.92 Å². The highest BCUT2D eigenvalue weighted by Gasteiger charge is 2.14. The molecule has 4 aromatic rings. The molecule has 126 valence electrons. The first-order valence-electron chi connectivity index (χ1n) is 7.78. The van der Waals surface area contributed by atoms with Crippen LogP contribution in [-0.2, 0) is 0 Å². The van der Waals surface area contributed by atoms with Crippen LogP contribution in [0, 0.1) is 6.92 Å². The number of H-pyrrole nitrogens is 2. The Labute approximate surface area is 142 Å². The third kappa shape index (κ3) is 2.11. The fraction of sp³-hybridized carbons (Fsp3) is 0.158. The van der Waals surface area contributed by atoms with Crippen molar-refractivity contribution in [3.8, 4) is 11.5 Å². The first-order chi connectivity index (χ1) is 12.0. The highest BCUT2D eigenvalue weighted by molar-refractivity contribution is 6.18. The second kappa shape index (κ2) is 5.37. The van der Waals surface area contributed by atoms with Gasteiger partial charge in [-0.2, -0.15) is 0 Å². The van der Waals surface area contributed by atoms with Gasteiger partial charge >= 0.3 is 0 Å². The molecule has 0 amide bonds. The number of hydrogen-bond donors (Lipinski definition) is 2. The van der Waals surface area contributed by atoms with Gasteiger partial charge in [0.1, 0.15) is 0 Å². The van der Waals surface area contributed by atoms with Gasteiger partial charge in [-0.1, -0.05) is 0 Å². The normalized spacial score (nSPS) is 11.3. The summed E-state index contributed by atoms with van der Waals surface area (Å²) in [5.41, 5.74) is 1.55. The molecule has 0 spiro atoms. The third-order valence-electron chi connectivity index (χ3n) is 4.60. The SMILES string of the molecule is COc1cc2[nH]cc3c(=O)[nH]c4c(C)c(=O)ccc4c3c2cc1OC. The smallest absolute Gasteiger partial charge is 0.257 e. The van der Waals surface area contributed by atoms with E-state index in [4.69, 9.17) is 9.47 Å². The summed E-state index contributed by atoms with van der Waals surface area (Å²) in [5, 5.41) is 2.93. The fourth-order valence-corrected chi connectivity index (χ4v) is 3.28. The minimum atomic E-state index is -0.246. The molecule has 6 heteroatoms. The van der Waals surface area contributed by atoms with Crippen molar-refractivity contribution >= 4 is 32.6 Å². The Balaban J connectivity index is 2.32. The summed E-state index contributed by atoms with van der Waals surface area (Å²) >= 11 is 0. The van der Waals surface area contributed by atoms with Crippen LogP contribution in [0.15, 0.2) is 40.1 Å². The van der Waals surface area contributed by atoms with Crippen LogP contribution in [0.25, 0.3) is 32.6 Å². The maximum atomic E-state index is 12.5. The van der Waals surface area contributed by atoms with E-state index in [2.05, 4.69) is 9.97 Å². The van der Waals surface area contributed by atoms with Crippen molar-refractivity contribution in [3.05, 3.63) is 56.6 Å². The van der Waals surface area contributed by atoms with Crippen LogP contribution in [0.4, 0.5) is 0 Å². The second-order valence-corrected chi connectivity index (χ2v) is 5.90. The molecule has 0 aliphatic rings. The molecule has 0 saturated carbocycles. The molecule has 0 fully saturated rings. The maximum absolute atomic E-state index is 12.5. The number of rotatable bonds is 2. The van der Waals surface area contributed by atoms with E-state index in [1.54, 1.807) is 33.4 Å². The molecule has 25 heavy (non-hydrogen) atoms. The van der Waals surface area contributed by atoms with Crippen LogP contribution < -0.4 is 20.5 Å². The van der Waals surface area contributed by atoms with E-state index in [-0.39, 0.29) is 11.0 Å². The molecule has 0 bridgehead atoms. The lowest BCUT2D eigenvalue weighted by molar-refractivity contribution is 0.356. The number of benzene rings is 2. The summed E-state index contributed by atoms with van der Waals surface area (Å²) in [4.78, 5) is 30.5. The number of nitrogens with one attached hydrogen (secondary N) is 2. The number of pyridine rings is 2. The predicted molar refractivity (Wildman–Crippen MR) is 98.0 cm³/mol. The van der Waals surface area contributed by atoms with Crippen LogP contribution in [-0.4, -0.2) is 24.2 Å². The Morgan fingerprint density at radius 3 is 2.36 bits per heavy atom. The molecule has 2 heterocycles. The lowest BCUT2D eigenvalue weighted by Crippen LogP contribution is -2.12. The lowest BCUT2D eigenvalue weighted by atomic mass is 10.0. The molecular weight excluding hydrogens is 320 g/mol. The zero-order valence-electron chi connectivity index (χ0n) is 14.0. The average molecular weight is 336 g/mol. The summed E-state index contributed by atoms with van der Waals surface area (Å²) in [6, 6.07) is 6.94. The summed E-state index contributed by atoms with van der Waals surface area (Å²) in [5.74, 6) is 1.17. The summed E-state index contributed by atoms with van der Waals surface area (Å²) in [7, 11) is 3.14. The topological polar surface area (TPSA) is 84.2 Å². The van der Waals surface area contributed by atoms with E-state index in [0.29, 0.717) is 28.0 Å². The molecule has 2 N–H and O–H groups in total. The van der Waals surface area contributed by atoms with Gasteiger partial charge in [-0.3, -0.25) is 9.59 Å². The van der Waals surface area contributed by atoms with Crippen molar-refractivity contribution in [1.82, 2.24) is 9.97 Å². The van der Waals surface area contributed by atoms with Gasteiger partial charge < -0.3 is 19.4 Å². The number of aryl methyl sites for hydroxylation is 1. The molecular formula is C19H16N2O4. The average Bonchev–Trinajstić information content (AvgIpc) is 2.63. The number of hydrogen-bond acceptors (Lipinski definition) is 4. The van der Waals surface area contributed by atoms with E-state index in [1.165, 1.54) is 6.07 Å². The third-order valence-corrected chi connectivity index (χ3v) is 4.60. The van der Waals surface area contributed by atoms with Crippen LogP contribution >= 0.6 is 0 Å². The molecule has 0 aliphatic carbocycles. The predicted octanol–water partition coefficient (Wildman–Crippen LogP) is 2.85. The molecule has 0 unspecified atom stereocenters. The monoisotopic (exact) mass is 336 g/mol. The number of aromatic amines is 2. The molecule has 0 aliphatic heterocycles. The molecule has 2 aromatic heterocycles. The molecule has 6 nitrogen and oxygen atoms in total. The molecule has 0 saturated heterocycles. The Morgan fingerprint density at radius 1 is 0.920 bits per heavy atom. The molecule has 0 atom stereocenters. The van der Waals surface area contributed by atoms with Crippen LogP contribution in [0.2, 0.25) is 0 Å². The minimum absolute atomic E-state index is 0.103. The summed E-state index contributed by atoms with van der Waals surface area (Å²) in [6.45, 7) is 1.72. The number of fused-ring (bicyclic) bond motifs is 5. The van der Waals surface area contributed by atoms with Crippen molar-refractivity contribution in [1.29, 1.82) is 0 Å². The highest BCUT2D eigenvalue weighted by atomic mass is 16.5. The van der Waals surface area contributed by atoms with Gasteiger partial charge in [-0.15, -0.1) is 0 Å². The zero-order valence-corrected chi connectivity index (χ0v) is 14.0. The lowest BCUT2D eigenvalue weighted by Gasteiger charge is -2.12. The maximum Gasteiger partial charge on any atom is 0.257 e. The fourth-order valence-electron chi connectivity index (χ4n) is 3.28. The van der Waals surface area contributed by atoms with Gasteiger partial charge in [0.15, 0.2) is 16.9 Å². The highest BCUT2D eigenvalue weighted by Crippen LogP contribution is 2.36. The number of aromatic nitrogens is 2. The first-order valence-corrected chi connectivity index (χ1v) is 7.78. The second-order valence-electron chi connectivity index (χ2n) is 5.90. The Hall–Kier alpha value is -3.28. The largest absolute Gasteiger partial charge is 0.493 e. The van der Waals surface area contributed by atoms with E-state index < -0.39 is 0 Å². The van der Waals surface area contributed by atoms with Gasteiger partial charge in [0.2, 0.25) is 0 Å². The van der Waals surface area contributed by atoms with Crippen molar-refractivity contribution in [2.24, 2.45) is 0 Å². The van der Waals surface area contributed by atoms with E-state index in [9.17, 15) is 9.59 Å². The van der Waals surface area contributed by atoms with Crippen molar-refractivity contribution in [2.75, 3.05) is 14.2 Å². The van der Waals surface area contributed by atoms with Crippen LogP contribution in [0.1, 0.15) is 5.56 Å². The van der Waals surface area contributed by atoms with Crippen molar-refractivity contribution < 1.29 is 9.47 Å². The van der Waals surface area contributed by atoms with Gasteiger partial charge in [0.25, 0.3) is 5.56 Å². The Morgan fingerprint density at radius 2 is 1.64 bits per heavy atom. The van der Waals surface area contributed by atoms with Gasteiger partial charge in [0.05, 0.1) is 25.1 Å². The zero-order chi connectivity index (χ0) is 17.7. The van der Waals surface area contributed by atoms with Gasteiger partial charge in [-0.25, -0.2) is 0 Å². The summed E-state index contributed by atoms with van der Waals surface area (Å²) < 4.78 is 10.8. The Kier molecular flexibility index (Phi) is 3.28. The minimum Gasteiger partial charge on any atom is -0.493 e. The number of ether oxygens (including phenoxy) is 2. The van der Waals surface area contributed by atoms with E-state index in [1.807, 2.05) is 12.1 Å². The molecule has 2 aromatic carbocycles. The van der Waals surface area contributed by atoms with Gasteiger partial charge in [-0.05, 0) is 25.1 Å². The molecule has 0 radical (unpaired) electrons. The quantitative estimate of drug-likeness (QED) is 0.551.